The summed E-state index contributed by atoms with van der Waals surface area (Å²) in [6, 6.07) is 5.59. The molecular formula is C14H16FN3OS2. The Labute approximate surface area is 131 Å². The smallest absolute Gasteiger partial charge is 0.206 e. The quantitative estimate of drug-likeness (QED) is 0.619. The van der Waals surface area contributed by atoms with Gasteiger partial charge in [0.05, 0.1) is 5.25 Å². The molecule has 2 rings (SSSR count). The minimum Gasteiger partial charge on any atom is -0.360 e. The summed E-state index contributed by atoms with van der Waals surface area (Å²) in [5.74, 6) is -0.388. The van der Waals surface area contributed by atoms with Gasteiger partial charge in [0.25, 0.3) is 0 Å². The van der Waals surface area contributed by atoms with Crippen LogP contribution in [0.3, 0.4) is 0 Å². The zero-order chi connectivity index (χ0) is 15.2. The molecule has 0 spiro atoms. The van der Waals surface area contributed by atoms with Crippen molar-refractivity contribution >= 4 is 34.0 Å². The number of Topliss-reactive ketones (excluding diaryl/α,β-unsaturated/α-hetero) is 1. The summed E-state index contributed by atoms with van der Waals surface area (Å²) in [6.45, 7) is 4.74. The van der Waals surface area contributed by atoms with Crippen LogP contribution in [0.25, 0.3) is 0 Å². The number of ketones is 1. The highest BCUT2D eigenvalue weighted by molar-refractivity contribution is 8.02. The molecule has 1 atom stereocenters. The maximum atomic E-state index is 12.9. The molecule has 2 aromatic rings. The number of hydrogen-bond donors (Lipinski definition) is 1. The average molecular weight is 325 g/mol. The number of halogens is 1. The molecule has 1 heterocycles. The molecule has 21 heavy (non-hydrogen) atoms. The Morgan fingerprint density at radius 3 is 2.76 bits per heavy atom. The van der Waals surface area contributed by atoms with Crippen LogP contribution in [0.15, 0.2) is 28.6 Å². The molecule has 0 unspecified atom stereocenters. The topological polar surface area (TPSA) is 54.9 Å². The third-order valence-electron chi connectivity index (χ3n) is 2.71. The second-order valence-corrected chi connectivity index (χ2v) is 7.00. The van der Waals surface area contributed by atoms with E-state index in [0.717, 1.165) is 22.4 Å². The lowest BCUT2D eigenvalue weighted by molar-refractivity contribution is 0.0994. The van der Waals surface area contributed by atoms with Crippen LogP contribution in [0.2, 0.25) is 0 Å². The molecular weight excluding hydrogens is 309 g/mol. The molecule has 7 heteroatoms. The molecule has 112 valence electrons. The maximum absolute atomic E-state index is 12.9. The minimum atomic E-state index is -0.345. The molecule has 1 N–H and O–H groups in total. The largest absolute Gasteiger partial charge is 0.360 e. The summed E-state index contributed by atoms with van der Waals surface area (Å²) in [6.07, 6.45) is 1.02. The van der Waals surface area contributed by atoms with Gasteiger partial charge in [0.2, 0.25) is 5.13 Å². The van der Waals surface area contributed by atoms with Crippen LogP contribution in [0.5, 0.6) is 0 Å². The van der Waals surface area contributed by atoms with Crippen molar-refractivity contribution in [3.8, 4) is 0 Å². The molecule has 0 amide bonds. The fourth-order valence-electron chi connectivity index (χ4n) is 1.61. The molecule has 0 bridgehead atoms. The highest BCUT2D eigenvalue weighted by Crippen LogP contribution is 2.30. The number of carbonyl (C=O) groups is 1. The average Bonchev–Trinajstić information content (AvgIpc) is 2.92. The van der Waals surface area contributed by atoms with E-state index in [1.54, 1.807) is 0 Å². The summed E-state index contributed by atoms with van der Waals surface area (Å²) in [4.78, 5) is 12.2. The maximum Gasteiger partial charge on any atom is 0.206 e. The van der Waals surface area contributed by atoms with Gasteiger partial charge in [-0.2, -0.15) is 0 Å². The van der Waals surface area contributed by atoms with Crippen LogP contribution in [0.4, 0.5) is 9.52 Å². The number of aromatic nitrogens is 2. The first kappa shape index (κ1) is 15.9. The predicted molar refractivity (Wildman–Crippen MR) is 84.7 cm³/mol. The van der Waals surface area contributed by atoms with Gasteiger partial charge < -0.3 is 5.32 Å². The number of anilines is 1. The molecule has 1 aromatic heterocycles. The van der Waals surface area contributed by atoms with Gasteiger partial charge in [0.1, 0.15) is 5.82 Å². The summed E-state index contributed by atoms with van der Waals surface area (Å²) in [5.41, 5.74) is 0.505. The van der Waals surface area contributed by atoms with E-state index in [1.165, 1.54) is 47.4 Å². The summed E-state index contributed by atoms with van der Waals surface area (Å²) in [5, 5.41) is 11.7. The first-order valence-electron chi connectivity index (χ1n) is 6.64. The first-order chi connectivity index (χ1) is 10.1. The standard InChI is InChI=1S/C14H16FN3OS2/c1-3-8-16-13-17-18-14(21-13)20-9(2)12(19)10-4-6-11(15)7-5-10/h4-7,9H,3,8H2,1-2H3,(H,16,17)/t9-/m0/s1. The van der Waals surface area contributed by atoms with Crippen molar-refractivity contribution in [1.29, 1.82) is 0 Å². The fraction of sp³-hybridized carbons (Fsp3) is 0.357. The van der Waals surface area contributed by atoms with E-state index in [4.69, 9.17) is 0 Å². The number of benzene rings is 1. The van der Waals surface area contributed by atoms with Crippen molar-refractivity contribution in [1.82, 2.24) is 10.2 Å². The zero-order valence-corrected chi connectivity index (χ0v) is 13.4. The summed E-state index contributed by atoms with van der Waals surface area (Å²) >= 11 is 2.80. The van der Waals surface area contributed by atoms with Crippen molar-refractivity contribution in [2.24, 2.45) is 0 Å². The van der Waals surface area contributed by atoms with Crippen LogP contribution >= 0.6 is 23.1 Å². The van der Waals surface area contributed by atoms with Crippen LogP contribution in [0, 0.1) is 5.82 Å². The van der Waals surface area contributed by atoms with Gasteiger partial charge in [-0.15, -0.1) is 10.2 Å². The van der Waals surface area contributed by atoms with E-state index in [2.05, 4.69) is 22.4 Å². The summed E-state index contributed by atoms with van der Waals surface area (Å²) < 4.78 is 13.6. The minimum absolute atomic E-state index is 0.0433. The molecule has 1 aromatic carbocycles. The van der Waals surface area contributed by atoms with E-state index >= 15 is 0 Å². The molecule has 0 fully saturated rings. The number of nitrogens with one attached hydrogen (secondary N) is 1. The van der Waals surface area contributed by atoms with Gasteiger partial charge in [-0.3, -0.25) is 4.79 Å². The van der Waals surface area contributed by atoms with E-state index in [0.29, 0.717) is 5.56 Å². The lowest BCUT2D eigenvalue weighted by Crippen LogP contribution is -2.13. The Bertz CT molecular complexity index is 601. The monoisotopic (exact) mass is 325 g/mol. The van der Waals surface area contributed by atoms with Gasteiger partial charge in [-0.1, -0.05) is 30.0 Å². The van der Waals surface area contributed by atoms with E-state index in [-0.39, 0.29) is 16.9 Å². The van der Waals surface area contributed by atoms with Crippen molar-refractivity contribution < 1.29 is 9.18 Å². The van der Waals surface area contributed by atoms with E-state index in [9.17, 15) is 9.18 Å². The van der Waals surface area contributed by atoms with Crippen LogP contribution < -0.4 is 5.32 Å². The molecule has 0 saturated carbocycles. The van der Waals surface area contributed by atoms with Gasteiger partial charge in [-0.25, -0.2) is 4.39 Å². The van der Waals surface area contributed by atoms with Gasteiger partial charge in [0, 0.05) is 12.1 Å². The van der Waals surface area contributed by atoms with Crippen molar-refractivity contribution in [3.05, 3.63) is 35.6 Å². The number of rotatable bonds is 7. The van der Waals surface area contributed by atoms with Gasteiger partial charge in [-0.05, 0) is 37.6 Å². The molecule has 0 saturated heterocycles. The Hall–Kier alpha value is -1.47. The van der Waals surface area contributed by atoms with E-state index in [1.807, 2.05) is 6.92 Å². The Kier molecular flexibility index (Phi) is 5.69. The van der Waals surface area contributed by atoms with Crippen LogP contribution in [0.1, 0.15) is 30.6 Å². The Morgan fingerprint density at radius 1 is 1.38 bits per heavy atom. The second kappa shape index (κ2) is 7.51. The SMILES string of the molecule is CCCNc1nnc(S[C@@H](C)C(=O)c2ccc(F)cc2)s1. The van der Waals surface area contributed by atoms with Gasteiger partial charge in [0.15, 0.2) is 10.1 Å². The Balaban J connectivity index is 1.97. The number of hydrogen-bond acceptors (Lipinski definition) is 6. The third kappa shape index (κ3) is 4.50. The third-order valence-corrected chi connectivity index (χ3v) is 4.77. The molecule has 0 radical (unpaired) electrons. The molecule has 0 aliphatic rings. The molecule has 0 aliphatic carbocycles. The number of carbonyl (C=O) groups excluding carboxylic acids is 1. The van der Waals surface area contributed by atoms with Crippen LogP contribution in [-0.2, 0) is 0 Å². The van der Waals surface area contributed by atoms with Crippen LogP contribution in [-0.4, -0.2) is 27.8 Å². The lowest BCUT2D eigenvalue weighted by atomic mass is 10.1. The van der Waals surface area contributed by atoms with Crippen molar-refractivity contribution in [2.75, 3.05) is 11.9 Å². The normalized spacial score (nSPS) is 12.1. The lowest BCUT2D eigenvalue weighted by Gasteiger charge is -2.07. The number of nitrogens with zero attached hydrogens (tertiary/aromatic N) is 2. The highest BCUT2D eigenvalue weighted by Gasteiger charge is 2.18. The zero-order valence-electron chi connectivity index (χ0n) is 11.8. The molecule has 0 aliphatic heterocycles. The van der Waals surface area contributed by atoms with Crippen molar-refractivity contribution in [3.63, 3.8) is 0 Å². The fourth-order valence-corrected chi connectivity index (χ4v) is 3.61. The summed E-state index contributed by atoms with van der Waals surface area (Å²) in [7, 11) is 0. The highest BCUT2D eigenvalue weighted by atomic mass is 32.2. The first-order valence-corrected chi connectivity index (χ1v) is 8.33. The second-order valence-electron chi connectivity index (χ2n) is 4.43. The van der Waals surface area contributed by atoms with Gasteiger partial charge >= 0.3 is 0 Å². The predicted octanol–water partition coefficient (Wildman–Crippen LogP) is 3.86. The van der Waals surface area contributed by atoms with Crippen molar-refractivity contribution in [2.45, 2.75) is 29.9 Å². The molecule has 4 nitrogen and oxygen atoms in total. The van der Waals surface area contributed by atoms with E-state index < -0.39 is 0 Å². The Morgan fingerprint density at radius 2 is 2.10 bits per heavy atom. The number of thioether (sulfide) groups is 1.